The van der Waals surface area contributed by atoms with Crippen molar-refractivity contribution in [1.29, 1.82) is 5.41 Å². The average Bonchev–Trinajstić information content (AvgIpc) is 2.59. The SMILES string of the molecule is CN(C(=N)N)C1Cc2ccccc2C1. The van der Waals surface area contributed by atoms with Crippen LogP contribution in [0.1, 0.15) is 11.1 Å². The topological polar surface area (TPSA) is 53.1 Å². The van der Waals surface area contributed by atoms with Gasteiger partial charge in [-0.15, -0.1) is 0 Å². The fourth-order valence-corrected chi connectivity index (χ4v) is 2.01. The van der Waals surface area contributed by atoms with Crippen LogP contribution in [0.15, 0.2) is 24.3 Å². The lowest BCUT2D eigenvalue weighted by Gasteiger charge is -2.23. The van der Waals surface area contributed by atoms with Gasteiger partial charge in [-0.3, -0.25) is 5.41 Å². The van der Waals surface area contributed by atoms with Crippen molar-refractivity contribution in [3.05, 3.63) is 35.4 Å². The Labute approximate surface area is 84.0 Å². The maximum atomic E-state index is 7.38. The van der Waals surface area contributed by atoms with Crippen LogP contribution in [0, 0.1) is 5.41 Å². The highest BCUT2D eigenvalue weighted by Crippen LogP contribution is 2.24. The minimum absolute atomic E-state index is 0.155. The van der Waals surface area contributed by atoms with Crippen LogP contribution in [0.5, 0.6) is 0 Å². The molecular weight excluding hydrogens is 174 g/mol. The summed E-state index contributed by atoms with van der Waals surface area (Å²) in [5.41, 5.74) is 8.25. The first-order valence-corrected chi connectivity index (χ1v) is 4.82. The average molecular weight is 189 g/mol. The van der Waals surface area contributed by atoms with Crippen molar-refractivity contribution >= 4 is 5.96 Å². The molecule has 3 nitrogen and oxygen atoms in total. The van der Waals surface area contributed by atoms with Crippen molar-refractivity contribution in [2.75, 3.05) is 7.05 Å². The zero-order valence-electron chi connectivity index (χ0n) is 8.33. The second-order valence-corrected chi connectivity index (χ2v) is 3.83. The molecule has 1 aromatic carbocycles. The Morgan fingerprint density at radius 1 is 1.36 bits per heavy atom. The van der Waals surface area contributed by atoms with E-state index in [2.05, 4.69) is 24.3 Å². The fraction of sp³-hybridized carbons (Fsp3) is 0.364. The molecule has 1 aromatic rings. The molecule has 0 heterocycles. The van der Waals surface area contributed by atoms with E-state index < -0.39 is 0 Å². The summed E-state index contributed by atoms with van der Waals surface area (Å²) in [5, 5.41) is 7.38. The van der Waals surface area contributed by atoms with Crippen LogP contribution in [-0.2, 0) is 12.8 Å². The van der Waals surface area contributed by atoms with E-state index >= 15 is 0 Å². The third-order valence-electron chi connectivity index (χ3n) is 2.96. The van der Waals surface area contributed by atoms with E-state index in [0.29, 0.717) is 6.04 Å². The molecule has 0 radical (unpaired) electrons. The van der Waals surface area contributed by atoms with Gasteiger partial charge in [-0.05, 0) is 24.0 Å². The number of benzene rings is 1. The molecule has 74 valence electrons. The first kappa shape index (κ1) is 9.06. The number of nitrogens with one attached hydrogen (secondary N) is 1. The van der Waals surface area contributed by atoms with Gasteiger partial charge in [0.2, 0.25) is 0 Å². The molecule has 3 heteroatoms. The van der Waals surface area contributed by atoms with Gasteiger partial charge in [-0.2, -0.15) is 0 Å². The van der Waals surface area contributed by atoms with Crippen molar-refractivity contribution in [1.82, 2.24) is 4.90 Å². The molecule has 0 aromatic heterocycles. The second-order valence-electron chi connectivity index (χ2n) is 3.83. The van der Waals surface area contributed by atoms with Crippen molar-refractivity contribution < 1.29 is 0 Å². The molecule has 0 fully saturated rings. The Morgan fingerprint density at radius 3 is 2.29 bits per heavy atom. The lowest BCUT2D eigenvalue weighted by molar-refractivity contribution is 0.372. The van der Waals surface area contributed by atoms with Gasteiger partial charge < -0.3 is 10.6 Å². The van der Waals surface area contributed by atoms with E-state index in [0.717, 1.165) is 12.8 Å². The molecule has 0 bridgehead atoms. The molecular formula is C11H15N3. The number of nitrogens with zero attached hydrogens (tertiary/aromatic N) is 1. The highest BCUT2D eigenvalue weighted by atomic mass is 15.2. The third-order valence-corrected chi connectivity index (χ3v) is 2.96. The summed E-state index contributed by atoms with van der Waals surface area (Å²) < 4.78 is 0. The van der Waals surface area contributed by atoms with Gasteiger partial charge in [0.05, 0.1) is 0 Å². The Hall–Kier alpha value is -1.51. The number of rotatable bonds is 1. The standard InChI is InChI=1S/C11H15N3/c1-14(11(12)13)10-6-8-4-2-3-5-9(8)7-10/h2-5,10H,6-7H2,1H3,(H3,12,13). The quantitative estimate of drug-likeness (QED) is 0.511. The van der Waals surface area contributed by atoms with Gasteiger partial charge in [0, 0.05) is 13.1 Å². The number of nitrogens with two attached hydrogens (primary N) is 1. The van der Waals surface area contributed by atoms with Gasteiger partial charge in [0.15, 0.2) is 5.96 Å². The van der Waals surface area contributed by atoms with Crippen molar-refractivity contribution in [3.8, 4) is 0 Å². The van der Waals surface area contributed by atoms with Crippen LogP contribution in [0.3, 0.4) is 0 Å². The first-order valence-electron chi connectivity index (χ1n) is 4.82. The van der Waals surface area contributed by atoms with Crippen LogP contribution >= 0.6 is 0 Å². The molecule has 0 aliphatic heterocycles. The zero-order valence-corrected chi connectivity index (χ0v) is 8.33. The van der Waals surface area contributed by atoms with Crippen molar-refractivity contribution in [3.63, 3.8) is 0 Å². The summed E-state index contributed by atoms with van der Waals surface area (Å²) in [5.74, 6) is 0.155. The van der Waals surface area contributed by atoms with Crippen LogP contribution in [0.25, 0.3) is 0 Å². The highest BCUT2D eigenvalue weighted by Gasteiger charge is 2.24. The number of hydrogen-bond acceptors (Lipinski definition) is 1. The predicted octanol–water partition coefficient (Wildman–Crippen LogP) is 0.979. The van der Waals surface area contributed by atoms with Gasteiger partial charge in [-0.1, -0.05) is 24.3 Å². The van der Waals surface area contributed by atoms with E-state index in [-0.39, 0.29) is 5.96 Å². The summed E-state index contributed by atoms with van der Waals surface area (Å²) in [7, 11) is 1.89. The molecule has 0 atom stereocenters. The monoisotopic (exact) mass is 189 g/mol. The normalized spacial score (nSPS) is 15.2. The van der Waals surface area contributed by atoms with E-state index in [1.807, 2.05) is 11.9 Å². The minimum atomic E-state index is 0.155. The number of hydrogen-bond donors (Lipinski definition) is 2. The fourth-order valence-electron chi connectivity index (χ4n) is 2.01. The maximum Gasteiger partial charge on any atom is 0.188 e. The van der Waals surface area contributed by atoms with Crippen LogP contribution in [0.4, 0.5) is 0 Å². The van der Waals surface area contributed by atoms with E-state index in [1.165, 1.54) is 11.1 Å². The maximum absolute atomic E-state index is 7.38. The predicted molar refractivity (Wildman–Crippen MR) is 57.3 cm³/mol. The Morgan fingerprint density at radius 2 is 1.86 bits per heavy atom. The molecule has 1 aliphatic rings. The van der Waals surface area contributed by atoms with E-state index in [4.69, 9.17) is 11.1 Å². The summed E-state index contributed by atoms with van der Waals surface area (Å²) in [6.45, 7) is 0. The minimum Gasteiger partial charge on any atom is -0.370 e. The van der Waals surface area contributed by atoms with E-state index in [1.54, 1.807) is 0 Å². The lowest BCUT2D eigenvalue weighted by atomic mass is 10.1. The highest BCUT2D eigenvalue weighted by molar-refractivity contribution is 5.74. The van der Waals surface area contributed by atoms with Gasteiger partial charge in [-0.25, -0.2) is 0 Å². The molecule has 0 spiro atoms. The van der Waals surface area contributed by atoms with Crippen LogP contribution in [0.2, 0.25) is 0 Å². The molecule has 3 N–H and O–H groups in total. The summed E-state index contributed by atoms with van der Waals surface area (Å²) in [6, 6.07) is 8.81. The molecule has 2 rings (SSSR count). The van der Waals surface area contributed by atoms with Crippen LogP contribution < -0.4 is 5.73 Å². The van der Waals surface area contributed by atoms with Crippen molar-refractivity contribution in [2.45, 2.75) is 18.9 Å². The smallest absolute Gasteiger partial charge is 0.188 e. The summed E-state index contributed by atoms with van der Waals surface area (Å²) >= 11 is 0. The molecule has 0 unspecified atom stereocenters. The zero-order chi connectivity index (χ0) is 10.1. The Balaban J connectivity index is 2.15. The second kappa shape index (κ2) is 3.33. The van der Waals surface area contributed by atoms with Gasteiger partial charge in [0.25, 0.3) is 0 Å². The molecule has 0 amide bonds. The van der Waals surface area contributed by atoms with Crippen LogP contribution in [-0.4, -0.2) is 23.9 Å². The van der Waals surface area contributed by atoms with Gasteiger partial charge in [0.1, 0.15) is 0 Å². The summed E-state index contributed by atoms with van der Waals surface area (Å²) in [6.07, 6.45) is 2.01. The molecule has 0 saturated carbocycles. The largest absolute Gasteiger partial charge is 0.370 e. The molecule has 14 heavy (non-hydrogen) atoms. The number of likely N-dealkylation sites (N-methyl/N-ethyl adjacent to an activating group) is 1. The van der Waals surface area contributed by atoms with Gasteiger partial charge >= 0.3 is 0 Å². The number of fused-ring (bicyclic) bond motifs is 1. The summed E-state index contributed by atoms with van der Waals surface area (Å²) in [4.78, 5) is 1.85. The molecule has 0 saturated heterocycles. The van der Waals surface area contributed by atoms with Crippen molar-refractivity contribution in [2.24, 2.45) is 5.73 Å². The number of guanidine groups is 1. The third kappa shape index (κ3) is 1.45. The first-order chi connectivity index (χ1) is 6.68. The van der Waals surface area contributed by atoms with E-state index in [9.17, 15) is 0 Å². The lowest BCUT2D eigenvalue weighted by Crippen LogP contribution is -2.41. The molecule has 1 aliphatic carbocycles. The Kier molecular flexibility index (Phi) is 2.15. The Bertz CT molecular complexity index is 334.